The molecule has 0 aliphatic carbocycles. The topological polar surface area (TPSA) is 159 Å². The van der Waals surface area contributed by atoms with Crippen molar-refractivity contribution in [3.05, 3.63) is 0 Å². The highest BCUT2D eigenvalue weighted by Crippen LogP contribution is 2.11. The number of nitrogens with one attached hydrogen (secondary N) is 2. The number of amides is 2. The summed E-state index contributed by atoms with van der Waals surface area (Å²) in [4.78, 5) is 44.9. The van der Waals surface area contributed by atoms with Gasteiger partial charge in [-0.2, -0.15) is 11.8 Å². The summed E-state index contributed by atoms with van der Waals surface area (Å²) in [6.07, 6.45) is 6.25. The number of nitrogens with two attached hydrogens (primary N) is 1. The molecule has 9 nitrogen and oxygen atoms in total. The van der Waals surface area contributed by atoms with E-state index in [1.54, 1.807) is 11.8 Å². The normalized spacial score (nSPS) is 12.7. The Morgan fingerprint density at radius 2 is 1.48 bits per heavy atom. The molecule has 0 aliphatic rings. The molecule has 0 heterocycles. The second kappa shape index (κ2) is 18.9. The van der Waals surface area contributed by atoms with Gasteiger partial charge in [-0.3, -0.25) is 19.2 Å². The number of thioether (sulfide) groups is 1. The summed E-state index contributed by atoms with van der Waals surface area (Å²) in [5, 5.41) is 23.3. The molecule has 0 spiro atoms. The number of rotatable bonds is 20. The molecular formula is C21H39N3O6S. The van der Waals surface area contributed by atoms with Crippen LogP contribution in [0, 0.1) is 5.92 Å². The van der Waals surface area contributed by atoms with Crippen molar-refractivity contribution in [2.45, 2.75) is 77.2 Å². The zero-order valence-corrected chi connectivity index (χ0v) is 19.4. The molecule has 0 fully saturated rings. The van der Waals surface area contributed by atoms with E-state index in [2.05, 4.69) is 10.6 Å². The number of carbonyl (C=O) groups is 4. The summed E-state index contributed by atoms with van der Waals surface area (Å²) in [7, 11) is 0. The molecule has 180 valence electrons. The number of carbonyl (C=O) groups excluding carboxylic acids is 2. The van der Waals surface area contributed by atoms with Crippen molar-refractivity contribution in [3.8, 4) is 0 Å². The van der Waals surface area contributed by atoms with Crippen LogP contribution in [0.1, 0.15) is 71.1 Å². The summed E-state index contributed by atoms with van der Waals surface area (Å²) >= 11 is 1.75. The van der Waals surface area contributed by atoms with Gasteiger partial charge in [0.25, 0.3) is 0 Å². The number of carboxylic acids is 2. The first kappa shape index (κ1) is 29.2. The van der Waals surface area contributed by atoms with Crippen LogP contribution in [0.3, 0.4) is 0 Å². The monoisotopic (exact) mass is 461 g/mol. The molecule has 2 atom stereocenters. The Labute approximate surface area is 189 Å². The van der Waals surface area contributed by atoms with Gasteiger partial charge in [0.15, 0.2) is 0 Å². The molecule has 2 amide bonds. The first-order valence-corrected chi connectivity index (χ1v) is 12.3. The van der Waals surface area contributed by atoms with E-state index < -0.39 is 23.9 Å². The molecule has 0 radical (unpaired) electrons. The van der Waals surface area contributed by atoms with Gasteiger partial charge in [-0.1, -0.05) is 13.3 Å². The summed E-state index contributed by atoms with van der Waals surface area (Å²) < 4.78 is 0. The minimum atomic E-state index is -0.995. The van der Waals surface area contributed by atoms with Gasteiger partial charge in [0.1, 0.15) is 6.04 Å². The first-order valence-electron chi connectivity index (χ1n) is 11.1. The maximum absolute atomic E-state index is 11.7. The molecule has 0 saturated carbocycles. The predicted octanol–water partition coefficient (Wildman–Crippen LogP) is 1.99. The summed E-state index contributed by atoms with van der Waals surface area (Å²) in [5.74, 6) is -0.592. The third-order valence-electron chi connectivity index (χ3n) is 4.90. The zero-order chi connectivity index (χ0) is 23.5. The van der Waals surface area contributed by atoms with Crippen molar-refractivity contribution in [1.82, 2.24) is 10.6 Å². The Balaban J connectivity index is 3.45. The molecule has 0 aliphatic heterocycles. The van der Waals surface area contributed by atoms with Gasteiger partial charge in [-0.15, -0.1) is 0 Å². The Kier molecular flexibility index (Phi) is 17.8. The lowest BCUT2D eigenvalue weighted by Gasteiger charge is -2.09. The molecule has 10 heteroatoms. The molecule has 0 bridgehead atoms. The highest BCUT2D eigenvalue weighted by Gasteiger charge is 2.16. The van der Waals surface area contributed by atoms with Crippen LogP contribution in [0.4, 0.5) is 0 Å². The minimum absolute atomic E-state index is 0.0195. The van der Waals surface area contributed by atoms with Crippen molar-refractivity contribution in [3.63, 3.8) is 0 Å². The fourth-order valence-electron chi connectivity index (χ4n) is 2.86. The van der Waals surface area contributed by atoms with Crippen LogP contribution in [0.5, 0.6) is 0 Å². The standard InChI is InChI=1S/C21H39N3O6S/c1-2-16(20(27)28)10-11-19(26)24-13-15-31-14-7-3-4-9-18(25)23-12-6-5-8-17(22)21(29)30/h16-17H,2-15,22H2,1H3,(H,23,25)(H,24,26)(H,27,28)(H,29,30). The molecular weight excluding hydrogens is 422 g/mol. The quantitative estimate of drug-likeness (QED) is 0.172. The van der Waals surface area contributed by atoms with Crippen LogP contribution < -0.4 is 16.4 Å². The van der Waals surface area contributed by atoms with Crippen molar-refractivity contribution < 1.29 is 29.4 Å². The zero-order valence-electron chi connectivity index (χ0n) is 18.6. The van der Waals surface area contributed by atoms with Gasteiger partial charge in [0, 0.05) is 31.7 Å². The van der Waals surface area contributed by atoms with E-state index in [1.165, 1.54) is 0 Å². The van der Waals surface area contributed by atoms with Gasteiger partial charge in [0.05, 0.1) is 5.92 Å². The lowest BCUT2D eigenvalue weighted by molar-refractivity contribution is -0.142. The highest BCUT2D eigenvalue weighted by atomic mass is 32.2. The highest BCUT2D eigenvalue weighted by molar-refractivity contribution is 7.99. The van der Waals surface area contributed by atoms with Gasteiger partial charge in [0.2, 0.25) is 11.8 Å². The fourth-order valence-corrected chi connectivity index (χ4v) is 3.71. The predicted molar refractivity (Wildman–Crippen MR) is 122 cm³/mol. The average molecular weight is 462 g/mol. The lowest BCUT2D eigenvalue weighted by atomic mass is 10.0. The Hall–Kier alpha value is -1.81. The van der Waals surface area contributed by atoms with Crippen molar-refractivity contribution in [1.29, 1.82) is 0 Å². The van der Waals surface area contributed by atoms with E-state index in [4.69, 9.17) is 15.9 Å². The van der Waals surface area contributed by atoms with Gasteiger partial charge >= 0.3 is 11.9 Å². The van der Waals surface area contributed by atoms with E-state index in [-0.39, 0.29) is 18.2 Å². The van der Waals surface area contributed by atoms with Crippen LogP contribution in [0.2, 0.25) is 0 Å². The van der Waals surface area contributed by atoms with Gasteiger partial charge in [-0.25, -0.2) is 0 Å². The first-order chi connectivity index (χ1) is 14.8. The van der Waals surface area contributed by atoms with Gasteiger partial charge in [-0.05, 0) is 50.7 Å². The van der Waals surface area contributed by atoms with Crippen LogP contribution in [0.15, 0.2) is 0 Å². The molecule has 0 aromatic rings. The lowest BCUT2D eigenvalue weighted by Crippen LogP contribution is -2.30. The van der Waals surface area contributed by atoms with E-state index >= 15 is 0 Å². The van der Waals surface area contributed by atoms with E-state index in [9.17, 15) is 19.2 Å². The molecule has 0 rings (SSSR count). The van der Waals surface area contributed by atoms with Crippen molar-refractivity contribution in [2.75, 3.05) is 24.6 Å². The second-order valence-electron chi connectivity index (χ2n) is 7.55. The van der Waals surface area contributed by atoms with E-state index in [0.717, 1.165) is 37.2 Å². The Morgan fingerprint density at radius 3 is 2.13 bits per heavy atom. The van der Waals surface area contributed by atoms with Crippen LogP contribution in [-0.2, 0) is 19.2 Å². The largest absolute Gasteiger partial charge is 0.481 e. The maximum Gasteiger partial charge on any atom is 0.320 e. The number of hydrogen-bond acceptors (Lipinski definition) is 6. The number of aliphatic carboxylic acids is 2. The number of carboxylic acid groups (broad SMARTS) is 2. The molecule has 0 aromatic carbocycles. The second-order valence-corrected chi connectivity index (χ2v) is 8.77. The average Bonchev–Trinajstić information content (AvgIpc) is 2.72. The van der Waals surface area contributed by atoms with E-state index in [1.807, 2.05) is 6.92 Å². The molecule has 31 heavy (non-hydrogen) atoms. The number of unbranched alkanes of at least 4 members (excludes halogenated alkanes) is 3. The smallest absolute Gasteiger partial charge is 0.320 e. The minimum Gasteiger partial charge on any atom is -0.481 e. The summed E-state index contributed by atoms with van der Waals surface area (Å²) in [6.45, 7) is 2.93. The third kappa shape index (κ3) is 17.6. The van der Waals surface area contributed by atoms with Crippen molar-refractivity contribution in [2.24, 2.45) is 11.7 Å². The molecule has 0 saturated heterocycles. The molecule has 0 aromatic heterocycles. The molecule has 6 N–H and O–H groups in total. The van der Waals surface area contributed by atoms with Crippen LogP contribution in [-0.4, -0.2) is 64.6 Å². The Morgan fingerprint density at radius 1 is 0.806 bits per heavy atom. The number of hydrogen-bond donors (Lipinski definition) is 5. The fraction of sp³-hybridized carbons (Fsp3) is 0.810. The third-order valence-corrected chi connectivity index (χ3v) is 5.97. The SMILES string of the molecule is CCC(CCC(=O)NCCSCCCCCC(=O)NCCCCC(N)C(=O)O)C(=O)O. The summed E-state index contributed by atoms with van der Waals surface area (Å²) in [6, 6.07) is -0.831. The summed E-state index contributed by atoms with van der Waals surface area (Å²) in [5.41, 5.74) is 5.42. The van der Waals surface area contributed by atoms with Crippen LogP contribution >= 0.6 is 11.8 Å². The van der Waals surface area contributed by atoms with Crippen LogP contribution in [0.25, 0.3) is 0 Å². The van der Waals surface area contributed by atoms with E-state index in [0.29, 0.717) is 45.2 Å². The van der Waals surface area contributed by atoms with Gasteiger partial charge < -0.3 is 26.6 Å². The Bertz CT molecular complexity index is 547. The molecule has 2 unspecified atom stereocenters. The maximum atomic E-state index is 11.7. The van der Waals surface area contributed by atoms with Crippen molar-refractivity contribution >= 4 is 35.5 Å².